The molecule has 2 N–H and O–H groups in total. The molecule has 4 rings (SSSR count). The number of fused-ring (bicyclic) bond motifs is 1. The average molecular weight is 374 g/mol. The molecule has 1 saturated heterocycles. The Labute approximate surface area is 156 Å². The van der Waals surface area contributed by atoms with Crippen molar-refractivity contribution in [2.24, 2.45) is 7.05 Å². The molecule has 0 aliphatic carbocycles. The zero-order chi connectivity index (χ0) is 17.2. The summed E-state index contributed by atoms with van der Waals surface area (Å²) in [6.45, 7) is 1.94. The molecule has 3 heterocycles. The zero-order valence-corrected chi connectivity index (χ0v) is 15.2. The highest BCUT2D eigenvalue weighted by Gasteiger charge is 2.21. The summed E-state index contributed by atoms with van der Waals surface area (Å²) in [5.41, 5.74) is 1.69. The minimum atomic E-state index is -0.342. The van der Waals surface area contributed by atoms with Crippen LogP contribution in [0.4, 0.5) is 5.95 Å². The van der Waals surface area contributed by atoms with Crippen molar-refractivity contribution in [3.05, 3.63) is 42.0 Å². The summed E-state index contributed by atoms with van der Waals surface area (Å²) in [7, 11) is 1.78. The number of aromatic nitrogens is 5. The third-order valence-corrected chi connectivity index (χ3v) is 4.39. The predicted octanol–water partition coefficient (Wildman–Crippen LogP) is 1.90. The molecular formula is C17H20ClN7O. The molecule has 0 radical (unpaired) electrons. The maximum Gasteiger partial charge on any atom is 0.278 e. The van der Waals surface area contributed by atoms with Crippen LogP contribution in [-0.2, 0) is 7.05 Å². The van der Waals surface area contributed by atoms with E-state index < -0.39 is 0 Å². The highest BCUT2D eigenvalue weighted by Crippen LogP contribution is 2.23. The van der Waals surface area contributed by atoms with E-state index in [4.69, 9.17) is 0 Å². The number of carbonyl (C=O) groups is 1. The number of benzene rings is 1. The lowest BCUT2D eigenvalue weighted by atomic mass is 9.98. The number of nitrogens with one attached hydrogen (secondary N) is 2. The second kappa shape index (κ2) is 7.76. The molecule has 8 nitrogen and oxygen atoms in total. The lowest BCUT2D eigenvalue weighted by molar-refractivity contribution is 0.102. The van der Waals surface area contributed by atoms with Crippen molar-refractivity contribution in [1.29, 1.82) is 0 Å². The van der Waals surface area contributed by atoms with Crippen molar-refractivity contribution in [3.63, 3.8) is 0 Å². The van der Waals surface area contributed by atoms with Crippen molar-refractivity contribution in [1.82, 2.24) is 30.0 Å². The molecule has 3 aromatic rings. The molecule has 0 bridgehead atoms. The summed E-state index contributed by atoms with van der Waals surface area (Å²) < 4.78 is 1.60. The summed E-state index contributed by atoms with van der Waals surface area (Å²) in [6, 6.07) is 7.44. The first kappa shape index (κ1) is 18.2. The molecule has 9 heteroatoms. The van der Waals surface area contributed by atoms with Crippen LogP contribution in [0.5, 0.6) is 0 Å². The fraction of sp³-hybridized carbons (Fsp3) is 0.353. The van der Waals surface area contributed by atoms with E-state index >= 15 is 0 Å². The van der Waals surface area contributed by atoms with Crippen molar-refractivity contribution in [2.45, 2.75) is 18.8 Å². The molecule has 136 valence electrons. The Morgan fingerprint density at radius 2 is 1.92 bits per heavy atom. The first-order valence-corrected chi connectivity index (χ1v) is 8.35. The number of hydrogen-bond acceptors (Lipinski definition) is 6. The third kappa shape index (κ3) is 3.66. The maximum atomic E-state index is 12.5. The van der Waals surface area contributed by atoms with Crippen LogP contribution in [0.3, 0.4) is 0 Å². The molecule has 1 fully saturated rings. The highest BCUT2D eigenvalue weighted by atomic mass is 35.5. The number of anilines is 1. The Morgan fingerprint density at radius 1 is 1.19 bits per heavy atom. The molecule has 1 amide bonds. The quantitative estimate of drug-likeness (QED) is 0.727. The Bertz CT molecular complexity index is 920. The number of rotatable bonds is 3. The van der Waals surface area contributed by atoms with Gasteiger partial charge in [0.25, 0.3) is 5.91 Å². The van der Waals surface area contributed by atoms with E-state index in [0.717, 1.165) is 37.3 Å². The summed E-state index contributed by atoms with van der Waals surface area (Å²) in [6.07, 6.45) is 3.49. The fourth-order valence-electron chi connectivity index (χ4n) is 3.00. The fourth-order valence-corrected chi connectivity index (χ4v) is 3.00. The SMILES string of the molecule is Cl.Cn1nc(C2CCNCC2)nc1NC(=O)c1cnc2ccccc2n1. The van der Waals surface area contributed by atoms with Crippen LogP contribution in [-0.4, -0.2) is 43.7 Å². The van der Waals surface area contributed by atoms with Crippen LogP contribution < -0.4 is 10.6 Å². The number of halogens is 1. The predicted molar refractivity (Wildman–Crippen MR) is 101 cm³/mol. The molecule has 1 aliphatic rings. The van der Waals surface area contributed by atoms with Crippen molar-refractivity contribution in [3.8, 4) is 0 Å². The van der Waals surface area contributed by atoms with E-state index in [1.165, 1.54) is 6.20 Å². The van der Waals surface area contributed by atoms with Crippen molar-refractivity contribution < 1.29 is 4.79 Å². The van der Waals surface area contributed by atoms with Gasteiger partial charge < -0.3 is 5.32 Å². The Hall–Kier alpha value is -2.58. The second-order valence-corrected chi connectivity index (χ2v) is 6.14. The van der Waals surface area contributed by atoms with Crippen LogP contribution in [0.15, 0.2) is 30.5 Å². The lowest BCUT2D eigenvalue weighted by Crippen LogP contribution is -2.27. The zero-order valence-electron chi connectivity index (χ0n) is 14.3. The summed E-state index contributed by atoms with van der Waals surface area (Å²) >= 11 is 0. The van der Waals surface area contributed by atoms with Gasteiger partial charge in [-0.15, -0.1) is 12.4 Å². The van der Waals surface area contributed by atoms with Gasteiger partial charge in [0.05, 0.1) is 17.2 Å². The van der Waals surface area contributed by atoms with Crippen molar-refractivity contribution >= 4 is 35.3 Å². The maximum absolute atomic E-state index is 12.5. The van der Waals surface area contributed by atoms with Gasteiger partial charge in [0.2, 0.25) is 5.95 Å². The Balaban J connectivity index is 0.00000196. The number of hydrogen-bond donors (Lipinski definition) is 2. The molecule has 26 heavy (non-hydrogen) atoms. The largest absolute Gasteiger partial charge is 0.317 e. The summed E-state index contributed by atoms with van der Waals surface area (Å²) in [5, 5.41) is 10.6. The number of aryl methyl sites for hydroxylation is 1. The van der Waals surface area contributed by atoms with Crippen molar-refractivity contribution in [2.75, 3.05) is 18.4 Å². The standard InChI is InChI=1S/C17H19N7O.ClH/c1-24-17(21-15(23-24)11-6-8-18-9-7-11)22-16(25)14-10-19-12-4-2-3-5-13(12)20-14;/h2-5,10-11,18H,6-9H2,1H3,(H,21,22,23,25);1H. The number of piperidine rings is 1. The Kier molecular flexibility index (Phi) is 5.43. The monoisotopic (exact) mass is 373 g/mol. The average Bonchev–Trinajstić information content (AvgIpc) is 3.02. The van der Waals surface area contributed by atoms with E-state index in [2.05, 4.69) is 30.7 Å². The Morgan fingerprint density at radius 3 is 2.69 bits per heavy atom. The van der Waals surface area contributed by atoms with Gasteiger partial charge in [-0.3, -0.25) is 15.1 Å². The van der Waals surface area contributed by atoms with E-state index in [-0.39, 0.29) is 24.0 Å². The molecule has 2 aromatic heterocycles. The van der Waals surface area contributed by atoms with Gasteiger partial charge in [0.15, 0.2) is 5.82 Å². The lowest BCUT2D eigenvalue weighted by Gasteiger charge is -2.19. The van der Waals surface area contributed by atoms with Crippen LogP contribution in [0, 0.1) is 0 Å². The molecular weight excluding hydrogens is 354 g/mol. The topological polar surface area (TPSA) is 97.6 Å². The minimum absolute atomic E-state index is 0. The summed E-state index contributed by atoms with van der Waals surface area (Å²) in [5.74, 6) is 1.20. The molecule has 0 saturated carbocycles. The molecule has 1 aliphatic heterocycles. The highest BCUT2D eigenvalue weighted by molar-refractivity contribution is 6.02. The van der Waals surface area contributed by atoms with E-state index in [9.17, 15) is 4.79 Å². The van der Waals surface area contributed by atoms with Crippen LogP contribution in [0.25, 0.3) is 11.0 Å². The molecule has 1 aromatic carbocycles. The van der Waals surface area contributed by atoms with Crippen LogP contribution in [0.1, 0.15) is 35.1 Å². The first-order valence-electron chi connectivity index (χ1n) is 8.35. The number of amides is 1. The molecule has 0 spiro atoms. The van der Waals surface area contributed by atoms with Gasteiger partial charge in [-0.1, -0.05) is 12.1 Å². The van der Waals surface area contributed by atoms with Crippen LogP contribution >= 0.6 is 12.4 Å². The van der Waals surface area contributed by atoms with Gasteiger partial charge in [0, 0.05) is 13.0 Å². The van der Waals surface area contributed by atoms with Crippen LogP contribution in [0.2, 0.25) is 0 Å². The summed E-state index contributed by atoms with van der Waals surface area (Å²) in [4.78, 5) is 25.6. The first-order chi connectivity index (χ1) is 12.2. The van der Waals surface area contributed by atoms with E-state index in [0.29, 0.717) is 17.4 Å². The van der Waals surface area contributed by atoms with Gasteiger partial charge >= 0.3 is 0 Å². The van der Waals surface area contributed by atoms with Gasteiger partial charge in [-0.25, -0.2) is 9.67 Å². The number of nitrogens with zero attached hydrogens (tertiary/aromatic N) is 5. The number of para-hydroxylation sites is 2. The molecule has 0 atom stereocenters. The van der Waals surface area contributed by atoms with Gasteiger partial charge in [-0.2, -0.15) is 10.1 Å². The van der Waals surface area contributed by atoms with E-state index in [1.807, 2.05) is 24.3 Å². The van der Waals surface area contributed by atoms with Gasteiger partial charge in [0.1, 0.15) is 5.69 Å². The minimum Gasteiger partial charge on any atom is -0.317 e. The normalized spacial score (nSPS) is 14.8. The van der Waals surface area contributed by atoms with E-state index in [1.54, 1.807) is 11.7 Å². The third-order valence-electron chi connectivity index (χ3n) is 4.39. The van der Waals surface area contributed by atoms with Gasteiger partial charge in [-0.05, 0) is 38.1 Å². The smallest absolute Gasteiger partial charge is 0.278 e. The second-order valence-electron chi connectivity index (χ2n) is 6.14. The molecule has 0 unspecified atom stereocenters. The number of carbonyl (C=O) groups excluding carboxylic acids is 1.